The first-order valence-corrected chi connectivity index (χ1v) is 8.85. The molecule has 0 spiro atoms. The van der Waals surface area contributed by atoms with Crippen LogP contribution in [0.5, 0.6) is 0 Å². The number of halogens is 2. The Morgan fingerprint density at radius 1 is 1.40 bits per heavy atom. The number of aryl methyl sites for hydroxylation is 1. The van der Waals surface area contributed by atoms with Crippen LogP contribution in [-0.2, 0) is 4.74 Å². The molecule has 2 aliphatic heterocycles. The normalized spacial score (nSPS) is 26.8. The first-order chi connectivity index (χ1) is 11.9. The lowest BCUT2D eigenvalue weighted by Gasteiger charge is -2.45. The molecule has 0 aromatic carbocycles. The predicted molar refractivity (Wildman–Crippen MR) is 84.5 cm³/mol. The molecule has 3 aliphatic rings. The lowest BCUT2D eigenvalue weighted by Crippen LogP contribution is -2.62. The monoisotopic (exact) mass is 355 g/mol. The van der Waals surface area contributed by atoms with E-state index in [1.807, 2.05) is 4.90 Å². The Kier molecular flexibility index (Phi) is 4.27. The van der Waals surface area contributed by atoms with Gasteiger partial charge >= 0.3 is 0 Å². The van der Waals surface area contributed by atoms with Gasteiger partial charge in [-0.2, -0.15) is 0 Å². The fraction of sp³-hybridized carbons (Fsp3) is 0.765. The highest BCUT2D eigenvalue weighted by atomic mass is 19.3. The van der Waals surface area contributed by atoms with Gasteiger partial charge in [0, 0.05) is 44.3 Å². The first-order valence-electron chi connectivity index (χ1n) is 8.85. The summed E-state index contributed by atoms with van der Waals surface area (Å²) in [5.41, 5.74) is 0.270. The average molecular weight is 355 g/mol. The van der Waals surface area contributed by atoms with Gasteiger partial charge < -0.3 is 14.2 Å². The number of likely N-dealkylation sites (tertiary alicyclic amines) is 2. The highest BCUT2D eigenvalue weighted by Crippen LogP contribution is 2.36. The van der Waals surface area contributed by atoms with E-state index < -0.39 is 5.92 Å². The van der Waals surface area contributed by atoms with Gasteiger partial charge in [-0.1, -0.05) is 5.16 Å². The fourth-order valence-electron chi connectivity index (χ4n) is 3.62. The molecular formula is C17H23F2N3O3. The number of carbonyl (C=O) groups is 1. The summed E-state index contributed by atoms with van der Waals surface area (Å²) in [6.45, 7) is 3.39. The molecule has 3 heterocycles. The van der Waals surface area contributed by atoms with Gasteiger partial charge in [0.15, 0.2) is 5.69 Å². The SMILES string of the molecule is Cc1cc(C(=O)N2CC(N3CC(F)(F)C[C@H]3COCC3CC3)C2)no1. The number of amides is 1. The zero-order chi connectivity index (χ0) is 17.6. The van der Waals surface area contributed by atoms with Crippen molar-refractivity contribution in [1.29, 1.82) is 0 Å². The third-order valence-electron chi connectivity index (χ3n) is 5.24. The molecule has 8 heteroatoms. The van der Waals surface area contributed by atoms with Gasteiger partial charge in [-0.3, -0.25) is 9.69 Å². The Balaban J connectivity index is 1.31. The first kappa shape index (κ1) is 16.9. The lowest BCUT2D eigenvalue weighted by molar-refractivity contribution is -0.0159. The van der Waals surface area contributed by atoms with Crippen molar-refractivity contribution in [3.8, 4) is 0 Å². The van der Waals surface area contributed by atoms with Gasteiger partial charge in [0.05, 0.1) is 13.2 Å². The maximum absolute atomic E-state index is 13.9. The molecule has 25 heavy (non-hydrogen) atoms. The van der Waals surface area contributed by atoms with Gasteiger partial charge in [-0.05, 0) is 25.7 Å². The summed E-state index contributed by atoms with van der Waals surface area (Å²) in [6.07, 6.45) is 2.21. The molecule has 1 saturated carbocycles. The molecule has 0 bridgehead atoms. The van der Waals surface area contributed by atoms with Crippen molar-refractivity contribution < 1.29 is 22.8 Å². The van der Waals surface area contributed by atoms with Crippen molar-refractivity contribution in [3.63, 3.8) is 0 Å². The molecule has 6 nitrogen and oxygen atoms in total. The third-order valence-corrected chi connectivity index (χ3v) is 5.24. The summed E-state index contributed by atoms with van der Waals surface area (Å²) in [7, 11) is 0. The highest BCUT2D eigenvalue weighted by molar-refractivity contribution is 5.92. The molecule has 3 fully saturated rings. The van der Waals surface area contributed by atoms with Crippen LogP contribution in [0.15, 0.2) is 10.6 Å². The van der Waals surface area contributed by atoms with Crippen LogP contribution in [0.4, 0.5) is 8.78 Å². The van der Waals surface area contributed by atoms with Gasteiger partial charge in [-0.25, -0.2) is 8.78 Å². The second kappa shape index (κ2) is 6.32. The Bertz CT molecular complexity index is 641. The Hall–Kier alpha value is -1.54. The fourth-order valence-corrected chi connectivity index (χ4v) is 3.62. The number of ether oxygens (including phenoxy) is 1. The molecule has 2 saturated heterocycles. The second-order valence-electron chi connectivity index (χ2n) is 7.55. The number of nitrogens with zero attached hydrogens (tertiary/aromatic N) is 3. The van der Waals surface area contributed by atoms with E-state index in [1.54, 1.807) is 17.9 Å². The Morgan fingerprint density at radius 2 is 2.16 bits per heavy atom. The number of aromatic nitrogens is 1. The van der Waals surface area contributed by atoms with E-state index in [2.05, 4.69) is 5.16 Å². The van der Waals surface area contributed by atoms with Crippen LogP contribution >= 0.6 is 0 Å². The van der Waals surface area contributed by atoms with Crippen LogP contribution in [0, 0.1) is 12.8 Å². The summed E-state index contributed by atoms with van der Waals surface area (Å²) in [4.78, 5) is 15.7. The molecule has 1 amide bonds. The number of alkyl halides is 2. The van der Waals surface area contributed by atoms with Gasteiger partial charge in [0.25, 0.3) is 11.8 Å². The molecule has 0 radical (unpaired) electrons. The molecule has 0 N–H and O–H groups in total. The van der Waals surface area contributed by atoms with E-state index in [9.17, 15) is 13.6 Å². The molecule has 1 aromatic heterocycles. The third kappa shape index (κ3) is 3.69. The predicted octanol–water partition coefficient (Wildman–Crippen LogP) is 1.94. The van der Waals surface area contributed by atoms with E-state index in [0.717, 1.165) is 0 Å². The van der Waals surface area contributed by atoms with E-state index in [1.165, 1.54) is 12.8 Å². The molecule has 1 aliphatic carbocycles. The summed E-state index contributed by atoms with van der Waals surface area (Å²) < 4.78 is 38.3. The lowest BCUT2D eigenvalue weighted by atomic mass is 10.1. The van der Waals surface area contributed by atoms with Crippen LogP contribution < -0.4 is 0 Å². The van der Waals surface area contributed by atoms with Crippen LogP contribution in [0.2, 0.25) is 0 Å². The molecule has 1 aromatic rings. The van der Waals surface area contributed by atoms with Crippen molar-refractivity contribution in [1.82, 2.24) is 15.0 Å². The van der Waals surface area contributed by atoms with Gasteiger partial charge in [-0.15, -0.1) is 0 Å². The number of hydrogen-bond donors (Lipinski definition) is 0. The van der Waals surface area contributed by atoms with Gasteiger partial charge in [0.2, 0.25) is 0 Å². The molecule has 0 unspecified atom stereocenters. The maximum atomic E-state index is 13.9. The zero-order valence-electron chi connectivity index (χ0n) is 14.3. The number of rotatable bonds is 6. The van der Waals surface area contributed by atoms with Crippen molar-refractivity contribution in [3.05, 3.63) is 17.5 Å². The second-order valence-corrected chi connectivity index (χ2v) is 7.55. The van der Waals surface area contributed by atoms with Crippen LogP contribution in [0.3, 0.4) is 0 Å². The van der Waals surface area contributed by atoms with Gasteiger partial charge in [0.1, 0.15) is 5.76 Å². The molecular weight excluding hydrogens is 332 g/mol. The average Bonchev–Trinajstić information content (AvgIpc) is 3.13. The minimum Gasteiger partial charge on any atom is -0.380 e. The van der Waals surface area contributed by atoms with Crippen LogP contribution in [0.1, 0.15) is 35.5 Å². The van der Waals surface area contributed by atoms with Crippen molar-refractivity contribution in [2.45, 2.75) is 44.2 Å². The Morgan fingerprint density at radius 3 is 2.80 bits per heavy atom. The van der Waals surface area contributed by atoms with E-state index in [4.69, 9.17) is 9.26 Å². The van der Waals surface area contributed by atoms with Crippen molar-refractivity contribution in [2.75, 3.05) is 32.8 Å². The van der Waals surface area contributed by atoms with Crippen LogP contribution in [0.25, 0.3) is 0 Å². The summed E-state index contributed by atoms with van der Waals surface area (Å²) in [5, 5.41) is 3.72. The quantitative estimate of drug-likeness (QED) is 0.781. The van der Waals surface area contributed by atoms with E-state index in [-0.39, 0.29) is 36.7 Å². The Labute approximate surface area is 145 Å². The van der Waals surface area contributed by atoms with Crippen molar-refractivity contribution >= 4 is 5.91 Å². The zero-order valence-corrected chi connectivity index (χ0v) is 14.3. The summed E-state index contributed by atoms with van der Waals surface area (Å²) in [5.74, 6) is -1.69. The summed E-state index contributed by atoms with van der Waals surface area (Å²) in [6, 6.07) is 1.28. The van der Waals surface area contributed by atoms with E-state index in [0.29, 0.717) is 38.0 Å². The standard InChI is InChI=1S/C17H23F2N3O3/c1-11-4-15(20-25-11)16(23)21-6-14(7-21)22-10-17(18,19)5-13(22)9-24-8-12-2-3-12/h4,12-14H,2-3,5-10H2,1H3/t13-/m0/s1. The molecule has 1 atom stereocenters. The van der Waals surface area contributed by atoms with E-state index >= 15 is 0 Å². The highest BCUT2D eigenvalue weighted by Gasteiger charge is 2.50. The van der Waals surface area contributed by atoms with Crippen molar-refractivity contribution in [2.24, 2.45) is 5.92 Å². The van der Waals surface area contributed by atoms with Crippen LogP contribution in [-0.4, -0.2) is 71.7 Å². The molecule has 4 rings (SSSR count). The molecule has 138 valence electrons. The number of hydrogen-bond acceptors (Lipinski definition) is 5. The smallest absolute Gasteiger partial charge is 0.276 e. The largest absolute Gasteiger partial charge is 0.380 e. The maximum Gasteiger partial charge on any atom is 0.276 e. The summed E-state index contributed by atoms with van der Waals surface area (Å²) >= 11 is 0. The minimum atomic E-state index is -2.68. The minimum absolute atomic E-state index is 0.0418. The topological polar surface area (TPSA) is 58.8 Å². The number of carbonyl (C=O) groups excluding carboxylic acids is 1.